The number of nitrogens with zero attached hydrogens (tertiary/aromatic N) is 3. The molecule has 2 rings (SSSR count). The van der Waals surface area contributed by atoms with E-state index in [4.69, 9.17) is 0 Å². The molecule has 22 heavy (non-hydrogen) atoms. The average molecular weight is 315 g/mol. The lowest BCUT2D eigenvalue weighted by Gasteiger charge is -2.09. The van der Waals surface area contributed by atoms with E-state index in [-0.39, 0.29) is 18.0 Å². The van der Waals surface area contributed by atoms with Crippen LogP contribution < -0.4 is 4.74 Å². The first-order chi connectivity index (χ1) is 10.2. The molecule has 9 heteroatoms. The lowest BCUT2D eigenvalue weighted by atomic mass is 10.2. The Morgan fingerprint density at radius 2 is 1.86 bits per heavy atom. The molecule has 0 aliphatic heterocycles. The van der Waals surface area contributed by atoms with E-state index in [9.17, 15) is 23.3 Å². The maximum absolute atomic E-state index is 12.1. The SMILES string of the molecule is Cc1nn(Cc2ccc(OC(F)(F)F)cc2)c(C)c1[N+](=O)[O-]. The fraction of sp³-hybridized carbons (Fsp3) is 0.308. The zero-order chi connectivity index (χ0) is 16.5. The van der Waals surface area contributed by atoms with Gasteiger partial charge in [0.15, 0.2) is 0 Å². The molecule has 1 aromatic heterocycles. The Morgan fingerprint density at radius 3 is 2.32 bits per heavy atom. The van der Waals surface area contributed by atoms with Gasteiger partial charge in [0.2, 0.25) is 0 Å². The van der Waals surface area contributed by atoms with Crippen molar-refractivity contribution < 1.29 is 22.8 Å². The van der Waals surface area contributed by atoms with Crippen LogP contribution in [0.3, 0.4) is 0 Å². The van der Waals surface area contributed by atoms with E-state index in [1.807, 2.05) is 0 Å². The Labute approximate surface area is 123 Å². The van der Waals surface area contributed by atoms with Gasteiger partial charge in [-0.2, -0.15) is 5.10 Å². The molecule has 0 spiro atoms. The Hall–Kier alpha value is -2.58. The largest absolute Gasteiger partial charge is 0.573 e. The summed E-state index contributed by atoms with van der Waals surface area (Å²) in [6.45, 7) is 3.31. The number of halogens is 3. The normalized spacial score (nSPS) is 11.5. The Balaban J connectivity index is 2.18. The first-order valence-electron chi connectivity index (χ1n) is 6.20. The summed E-state index contributed by atoms with van der Waals surface area (Å²) in [7, 11) is 0. The third-order valence-corrected chi connectivity index (χ3v) is 3.02. The quantitative estimate of drug-likeness (QED) is 0.641. The molecule has 6 nitrogen and oxygen atoms in total. The summed E-state index contributed by atoms with van der Waals surface area (Å²) in [4.78, 5) is 10.4. The van der Waals surface area contributed by atoms with Gasteiger partial charge < -0.3 is 4.74 Å². The van der Waals surface area contributed by atoms with Gasteiger partial charge in [-0.1, -0.05) is 12.1 Å². The predicted molar refractivity (Wildman–Crippen MR) is 70.6 cm³/mol. The van der Waals surface area contributed by atoms with Crippen LogP contribution in [-0.2, 0) is 6.54 Å². The second-order valence-corrected chi connectivity index (χ2v) is 4.63. The number of alkyl halides is 3. The number of aromatic nitrogens is 2. The fourth-order valence-corrected chi connectivity index (χ4v) is 2.08. The van der Waals surface area contributed by atoms with E-state index in [2.05, 4.69) is 9.84 Å². The van der Waals surface area contributed by atoms with Gasteiger partial charge >= 0.3 is 12.0 Å². The highest BCUT2D eigenvalue weighted by atomic mass is 19.4. The Bertz CT molecular complexity index is 693. The molecule has 118 valence electrons. The van der Waals surface area contributed by atoms with E-state index >= 15 is 0 Å². The van der Waals surface area contributed by atoms with Crippen molar-refractivity contribution in [1.82, 2.24) is 9.78 Å². The fourth-order valence-electron chi connectivity index (χ4n) is 2.08. The minimum atomic E-state index is -4.74. The molecule has 0 atom stereocenters. The van der Waals surface area contributed by atoms with Gasteiger partial charge in [-0.25, -0.2) is 0 Å². The van der Waals surface area contributed by atoms with Crippen LogP contribution in [0.1, 0.15) is 17.0 Å². The van der Waals surface area contributed by atoms with Crippen molar-refractivity contribution in [3.8, 4) is 5.75 Å². The molecule has 0 radical (unpaired) electrons. The highest BCUT2D eigenvalue weighted by Crippen LogP contribution is 2.25. The maximum Gasteiger partial charge on any atom is 0.573 e. The maximum atomic E-state index is 12.1. The molecule has 0 saturated heterocycles. The van der Waals surface area contributed by atoms with Crippen LogP contribution in [0.25, 0.3) is 0 Å². The first kappa shape index (κ1) is 15.8. The van der Waals surface area contributed by atoms with Gasteiger partial charge in [0.25, 0.3) is 0 Å². The van der Waals surface area contributed by atoms with Crippen molar-refractivity contribution in [2.75, 3.05) is 0 Å². The summed E-state index contributed by atoms with van der Waals surface area (Å²) in [6, 6.07) is 5.26. The molecular formula is C13H12F3N3O3. The molecule has 0 saturated carbocycles. The van der Waals surface area contributed by atoms with Gasteiger partial charge in [0.1, 0.15) is 17.1 Å². The van der Waals surface area contributed by atoms with Crippen molar-refractivity contribution in [2.24, 2.45) is 0 Å². The van der Waals surface area contributed by atoms with Crippen LogP contribution in [0.15, 0.2) is 24.3 Å². The summed E-state index contributed by atoms with van der Waals surface area (Å²) in [6.07, 6.45) is -4.74. The molecule has 2 aromatic rings. The molecule has 0 bridgehead atoms. The van der Waals surface area contributed by atoms with Crippen LogP contribution in [0, 0.1) is 24.0 Å². The molecule has 1 aromatic carbocycles. The molecule has 0 N–H and O–H groups in total. The summed E-state index contributed by atoms with van der Waals surface area (Å²) in [5.41, 5.74) is 1.27. The molecular weight excluding hydrogens is 303 g/mol. The number of aryl methyl sites for hydroxylation is 1. The van der Waals surface area contributed by atoms with Crippen LogP contribution in [-0.4, -0.2) is 21.1 Å². The van der Waals surface area contributed by atoms with Gasteiger partial charge in [-0.15, -0.1) is 13.2 Å². The number of rotatable bonds is 4. The second kappa shape index (κ2) is 5.66. The number of ether oxygens (including phenoxy) is 1. The van der Waals surface area contributed by atoms with E-state index < -0.39 is 11.3 Å². The highest BCUT2D eigenvalue weighted by Gasteiger charge is 2.31. The lowest BCUT2D eigenvalue weighted by Crippen LogP contribution is -2.17. The van der Waals surface area contributed by atoms with Crippen LogP contribution in [0.5, 0.6) is 5.75 Å². The van der Waals surface area contributed by atoms with Crippen molar-refractivity contribution in [1.29, 1.82) is 0 Å². The molecule has 0 aliphatic rings. The lowest BCUT2D eigenvalue weighted by molar-refractivity contribution is -0.386. The van der Waals surface area contributed by atoms with Crippen molar-refractivity contribution in [3.63, 3.8) is 0 Å². The van der Waals surface area contributed by atoms with Gasteiger partial charge in [-0.3, -0.25) is 14.8 Å². The minimum Gasteiger partial charge on any atom is -0.406 e. The van der Waals surface area contributed by atoms with Crippen LogP contribution in [0.4, 0.5) is 18.9 Å². The molecule has 1 heterocycles. The summed E-state index contributed by atoms with van der Waals surface area (Å²) < 4.78 is 41.4. The third kappa shape index (κ3) is 3.54. The van der Waals surface area contributed by atoms with Crippen LogP contribution in [0.2, 0.25) is 0 Å². The van der Waals surface area contributed by atoms with Crippen molar-refractivity contribution >= 4 is 5.69 Å². The Morgan fingerprint density at radius 1 is 1.27 bits per heavy atom. The van der Waals surface area contributed by atoms with E-state index in [0.29, 0.717) is 17.0 Å². The standard InChI is InChI=1S/C13H12F3N3O3/c1-8-12(19(20)21)9(2)18(17-8)7-10-3-5-11(6-4-10)22-13(14,15)16/h3-6H,7H2,1-2H3. The monoisotopic (exact) mass is 315 g/mol. The zero-order valence-electron chi connectivity index (χ0n) is 11.7. The van der Waals surface area contributed by atoms with E-state index in [0.717, 1.165) is 0 Å². The Kier molecular flexibility index (Phi) is 4.07. The van der Waals surface area contributed by atoms with E-state index in [1.54, 1.807) is 6.92 Å². The van der Waals surface area contributed by atoms with Gasteiger partial charge in [0, 0.05) is 0 Å². The number of nitro groups is 1. The summed E-state index contributed by atoms with van der Waals surface area (Å²) in [5, 5.41) is 15.0. The highest BCUT2D eigenvalue weighted by molar-refractivity contribution is 5.40. The second-order valence-electron chi connectivity index (χ2n) is 4.63. The van der Waals surface area contributed by atoms with Gasteiger partial charge in [-0.05, 0) is 31.5 Å². The predicted octanol–water partition coefficient (Wildman–Crippen LogP) is 3.36. The minimum absolute atomic E-state index is 0.0583. The first-order valence-corrected chi connectivity index (χ1v) is 6.20. The van der Waals surface area contributed by atoms with Crippen LogP contribution >= 0.6 is 0 Å². The third-order valence-electron chi connectivity index (χ3n) is 3.02. The summed E-state index contributed by atoms with van der Waals surface area (Å²) in [5.74, 6) is -0.324. The number of benzene rings is 1. The van der Waals surface area contributed by atoms with Crippen molar-refractivity contribution in [2.45, 2.75) is 26.8 Å². The molecule has 0 amide bonds. The molecule has 0 unspecified atom stereocenters. The van der Waals surface area contributed by atoms with Crippen molar-refractivity contribution in [3.05, 3.63) is 51.3 Å². The summed E-state index contributed by atoms with van der Waals surface area (Å²) >= 11 is 0. The molecule has 0 aliphatic carbocycles. The zero-order valence-corrected chi connectivity index (χ0v) is 11.7. The topological polar surface area (TPSA) is 70.2 Å². The smallest absolute Gasteiger partial charge is 0.406 e. The number of hydrogen-bond donors (Lipinski definition) is 0. The van der Waals surface area contributed by atoms with E-state index in [1.165, 1.54) is 35.9 Å². The average Bonchev–Trinajstić information content (AvgIpc) is 2.65. The van der Waals surface area contributed by atoms with Gasteiger partial charge in [0.05, 0.1) is 11.5 Å². The number of hydrogen-bond acceptors (Lipinski definition) is 4. The molecule has 0 fully saturated rings.